The van der Waals surface area contributed by atoms with Crippen molar-refractivity contribution in [2.45, 2.75) is 13.3 Å². The first-order chi connectivity index (χ1) is 13.3. The number of esters is 1. The minimum Gasteiger partial charge on any atom is -0.455 e. The Balaban J connectivity index is 1.52. The molecule has 2 aromatic carbocycles. The third kappa shape index (κ3) is 4.75. The maximum Gasteiger partial charge on any atom is 0.311 e. The van der Waals surface area contributed by atoms with Gasteiger partial charge in [-0.3, -0.25) is 14.4 Å². The average molecular weight is 449 g/mol. The highest BCUT2D eigenvalue weighted by Crippen LogP contribution is 2.26. The number of carbonyl (C=O) groups excluding carboxylic acids is 3. The van der Waals surface area contributed by atoms with E-state index >= 15 is 0 Å². The lowest BCUT2D eigenvalue weighted by atomic mass is 10.1. The Labute approximate surface area is 169 Å². The molecule has 1 heterocycles. The van der Waals surface area contributed by atoms with Crippen molar-refractivity contribution < 1.29 is 23.5 Å². The van der Waals surface area contributed by atoms with E-state index < -0.39 is 30.2 Å². The summed E-state index contributed by atoms with van der Waals surface area (Å²) in [4.78, 5) is 37.8. The van der Waals surface area contributed by atoms with Crippen LogP contribution in [0.4, 0.5) is 15.8 Å². The Kier molecular flexibility index (Phi) is 6.08. The lowest BCUT2D eigenvalue weighted by molar-refractivity contribution is -0.151. The van der Waals surface area contributed by atoms with Crippen LogP contribution in [0.25, 0.3) is 0 Å². The third-order valence-corrected chi connectivity index (χ3v) is 5.27. The van der Waals surface area contributed by atoms with Gasteiger partial charge in [0.2, 0.25) is 5.91 Å². The summed E-state index contributed by atoms with van der Waals surface area (Å²) in [5.74, 6) is -2.39. The van der Waals surface area contributed by atoms with E-state index in [4.69, 9.17) is 4.74 Å². The Hall–Kier alpha value is -2.74. The van der Waals surface area contributed by atoms with Crippen LogP contribution in [0.2, 0.25) is 0 Å². The molecule has 2 aromatic rings. The number of hydrogen-bond acceptors (Lipinski definition) is 4. The van der Waals surface area contributed by atoms with Crippen molar-refractivity contribution in [1.29, 1.82) is 0 Å². The SMILES string of the molecule is Cc1cc(NC(=O)COC(=O)[C@H]2CC(=O)N(c3ccc(F)cc3)C2)ccc1Br. The summed E-state index contributed by atoms with van der Waals surface area (Å²) < 4.78 is 19.0. The number of carbonyl (C=O) groups is 3. The number of amides is 2. The van der Waals surface area contributed by atoms with Crippen molar-refractivity contribution in [3.8, 4) is 0 Å². The van der Waals surface area contributed by atoms with Gasteiger partial charge in [0, 0.05) is 28.8 Å². The summed E-state index contributed by atoms with van der Waals surface area (Å²) in [7, 11) is 0. The molecule has 0 unspecified atom stereocenters. The number of nitrogens with zero attached hydrogens (tertiary/aromatic N) is 1. The van der Waals surface area contributed by atoms with E-state index in [0.717, 1.165) is 10.0 Å². The molecule has 146 valence electrons. The summed E-state index contributed by atoms with van der Waals surface area (Å²) in [6.45, 7) is 1.59. The largest absolute Gasteiger partial charge is 0.455 e. The van der Waals surface area contributed by atoms with E-state index in [-0.39, 0.29) is 18.9 Å². The first-order valence-electron chi connectivity index (χ1n) is 8.62. The number of halogens is 2. The molecule has 1 saturated heterocycles. The monoisotopic (exact) mass is 448 g/mol. The van der Waals surface area contributed by atoms with Gasteiger partial charge in [0.1, 0.15) is 5.82 Å². The predicted octanol–water partition coefficient (Wildman–Crippen LogP) is 3.43. The van der Waals surface area contributed by atoms with Gasteiger partial charge in [-0.15, -0.1) is 0 Å². The molecule has 1 fully saturated rings. The zero-order valence-electron chi connectivity index (χ0n) is 15.1. The van der Waals surface area contributed by atoms with Gasteiger partial charge in [0.15, 0.2) is 6.61 Å². The molecule has 6 nitrogen and oxygen atoms in total. The van der Waals surface area contributed by atoms with Crippen LogP contribution >= 0.6 is 15.9 Å². The highest BCUT2D eigenvalue weighted by Gasteiger charge is 2.36. The second-order valence-corrected chi connectivity index (χ2v) is 7.36. The van der Waals surface area contributed by atoms with Crippen LogP contribution in [-0.4, -0.2) is 30.9 Å². The number of anilines is 2. The van der Waals surface area contributed by atoms with E-state index in [9.17, 15) is 18.8 Å². The van der Waals surface area contributed by atoms with Crippen LogP contribution in [-0.2, 0) is 19.1 Å². The molecule has 3 rings (SSSR count). The van der Waals surface area contributed by atoms with E-state index in [1.165, 1.54) is 29.2 Å². The molecule has 2 amide bonds. The van der Waals surface area contributed by atoms with Gasteiger partial charge in [-0.1, -0.05) is 15.9 Å². The predicted molar refractivity (Wildman–Crippen MR) is 105 cm³/mol. The molecule has 1 aliphatic heterocycles. The Morgan fingerprint density at radius 3 is 2.64 bits per heavy atom. The van der Waals surface area contributed by atoms with Crippen LogP contribution in [0.3, 0.4) is 0 Å². The molecule has 1 atom stereocenters. The normalized spacial score (nSPS) is 16.2. The van der Waals surface area contributed by atoms with E-state index in [0.29, 0.717) is 11.4 Å². The van der Waals surface area contributed by atoms with Gasteiger partial charge in [-0.25, -0.2) is 4.39 Å². The van der Waals surface area contributed by atoms with Crippen molar-refractivity contribution in [3.63, 3.8) is 0 Å². The maximum atomic E-state index is 13.0. The van der Waals surface area contributed by atoms with Crippen LogP contribution in [0, 0.1) is 18.7 Å². The number of nitrogens with one attached hydrogen (secondary N) is 1. The molecule has 0 radical (unpaired) electrons. The van der Waals surface area contributed by atoms with Gasteiger partial charge < -0.3 is 15.0 Å². The summed E-state index contributed by atoms with van der Waals surface area (Å²) in [6.07, 6.45) is -0.0102. The van der Waals surface area contributed by atoms with Gasteiger partial charge in [-0.2, -0.15) is 0 Å². The topological polar surface area (TPSA) is 75.7 Å². The standard InChI is InChI=1S/C20H18BrFN2O4/c1-12-8-15(4-7-17(12)21)23-18(25)11-28-20(27)13-9-19(26)24(10-13)16-5-2-14(22)3-6-16/h2-8,13H,9-11H2,1H3,(H,23,25)/t13-/m0/s1. The maximum absolute atomic E-state index is 13.0. The summed E-state index contributed by atoms with van der Waals surface area (Å²) >= 11 is 3.38. The highest BCUT2D eigenvalue weighted by molar-refractivity contribution is 9.10. The van der Waals surface area contributed by atoms with Crippen LogP contribution < -0.4 is 10.2 Å². The summed E-state index contributed by atoms with van der Waals surface area (Å²) in [5.41, 5.74) is 2.07. The van der Waals surface area contributed by atoms with Crippen LogP contribution in [0.15, 0.2) is 46.9 Å². The highest BCUT2D eigenvalue weighted by atomic mass is 79.9. The molecule has 0 aromatic heterocycles. The Morgan fingerprint density at radius 1 is 1.25 bits per heavy atom. The molecule has 8 heteroatoms. The summed E-state index contributed by atoms with van der Waals surface area (Å²) in [5, 5.41) is 2.65. The van der Waals surface area contributed by atoms with Crippen molar-refractivity contribution >= 4 is 45.1 Å². The third-order valence-electron chi connectivity index (χ3n) is 4.38. The fraction of sp³-hybridized carbons (Fsp3) is 0.250. The molecule has 0 saturated carbocycles. The van der Waals surface area contributed by atoms with Crippen molar-refractivity contribution in [2.24, 2.45) is 5.92 Å². The quantitative estimate of drug-likeness (QED) is 0.710. The average Bonchev–Trinajstić information content (AvgIpc) is 3.05. The fourth-order valence-electron chi connectivity index (χ4n) is 2.91. The van der Waals surface area contributed by atoms with E-state index in [1.807, 2.05) is 13.0 Å². The lowest BCUT2D eigenvalue weighted by Crippen LogP contribution is -2.28. The molecule has 0 aliphatic carbocycles. The van der Waals surface area contributed by atoms with Gasteiger partial charge >= 0.3 is 5.97 Å². The number of aryl methyl sites for hydroxylation is 1. The summed E-state index contributed by atoms with van der Waals surface area (Å²) in [6, 6.07) is 10.8. The van der Waals surface area contributed by atoms with Crippen LogP contribution in [0.5, 0.6) is 0 Å². The van der Waals surface area contributed by atoms with E-state index in [2.05, 4.69) is 21.2 Å². The first-order valence-corrected chi connectivity index (χ1v) is 9.41. The Morgan fingerprint density at radius 2 is 1.96 bits per heavy atom. The zero-order chi connectivity index (χ0) is 20.3. The molecular weight excluding hydrogens is 431 g/mol. The first kappa shape index (κ1) is 20.0. The molecule has 1 N–H and O–H groups in total. The smallest absolute Gasteiger partial charge is 0.311 e. The molecule has 0 bridgehead atoms. The number of ether oxygens (including phenoxy) is 1. The van der Waals surface area contributed by atoms with E-state index in [1.54, 1.807) is 12.1 Å². The van der Waals surface area contributed by atoms with Crippen molar-refractivity contribution in [1.82, 2.24) is 0 Å². The second kappa shape index (κ2) is 8.52. The Bertz CT molecular complexity index is 917. The number of hydrogen-bond donors (Lipinski definition) is 1. The van der Waals surface area contributed by atoms with Gasteiger partial charge in [0.25, 0.3) is 5.91 Å². The fourth-order valence-corrected chi connectivity index (χ4v) is 3.16. The van der Waals surface area contributed by atoms with Crippen molar-refractivity contribution in [3.05, 3.63) is 58.3 Å². The molecule has 0 spiro atoms. The molecule has 28 heavy (non-hydrogen) atoms. The van der Waals surface area contributed by atoms with Crippen molar-refractivity contribution in [2.75, 3.05) is 23.4 Å². The van der Waals surface area contributed by atoms with Crippen LogP contribution in [0.1, 0.15) is 12.0 Å². The lowest BCUT2D eigenvalue weighted by Gasteiger charge is -2.16. The zero-order valence-corrected chi connectivity index (χ0v) is 16.7. The second-order valence-electron chi connectivity index (χ2n) is 6.50. The molecular formula is C20H18BrFN2O4. The van der Waals surface area contributed by atoms with Gasteiger partial charge in [-0.05, 0) is 55.0 Å². The number of benzene rings is 2. The molecule has 1 aliphatic rings. The minimum absolute atomic E-state index is 0.0102. The minimum atomic E-state index is -0.666. The number of rotatable bonds is 5. The van der Waals surface area contributed by atoms with Gasteiger partial charge in [0.05, 0.1) is 5.92 Å².